The molecule has 3 aromatic rings. The fourth-order valence-corrected chi connectivity index (χ4v) is 4.85. The van der Waals surface area contributed by atoms with Gasteiger partial charge in [0.25, 0.3) is 15.9 Å². The number of carbonyl (C=O) groups excluding carboxylic acids is 2. The normalized spacial score (nSPS) is 13.1. The molecule has 1 unspecified atom stereocenters. The van der Waals surface area contributed by atoms with E-state index < -0.39 is 28.0 Å². The number of hydrogen-bond acceptors (Lipinski definition) is 8. The number of benzene rings is 3. The number of ether oxygens (including phenoxy) is 4. The van der Waals surface area contributed by atoms with Gasteiger partial charge in [-0.05, 0) is 66.6 Å². The smallest absolute Gasteiger partial charge is 0.337 e. The highest BCUT2D eigenvalue weighted by atomic mass is 35.5. The van der Waals surface area contributed by atoms with Crippen molar-refractivity contribution in [2.45, 2.75) is 30.8 Å². The standard InChI is InChI=1S/C26H24ClNO8S/c1-3-4-16-13-18(26(30)33-2)6-11-21(16)36-24(17-5-12-22-23(14-17)35-15-34-22)25(29)28-37(31,32)20-9-7-19(27)8-10-20/h5-14,24H,3-4,15H2,1-2H3,(H,28,29). The molecule has 1 atom stereocenters. The van der Waals surface area contributed by atoms with Crippen molar-refractivity contribution in [3.05, 3.63) is 82.4 Å². The number of esters is 1. The zero-order valence-electron chi connectivity index (χ0n) is 20.0. The van der Waals surface area contributed by atoms with Crippen LogP contribution in [0.2, 0.25) is 5.02 Å². The zero-order valence-corrected chi connectivity index (χ0v) is 21.6. The molecule has 0 radical (unpaired) electrons. The highest BCUT2D eigenvalue weighted by Gasteiger charge is 2.30. The second kappa shape index (κ2) is 11.1. The van der Waals surface area contributed by atoms with Crippen LogP contribution in [-0.4, -0.2) is 34.2 Å². The predicted octanol–water partition coefficient (Wildman–Crippen LogP) is 4.43. The van der Waals surface area contributed by atoms with Crippen LogP contribution >= 0.6 is 11.6 Å². The van der Waals surface area contributed by atoms with Gasteiger partial charge in [-0.3, -0.25) is 4.79 Å². The lowest BCUT2D eigenvalue weighted by molar-refractivity contribution is -0.126. The van der Waals surface area contributed by atoms with Crippen LogP contribution in [0.4, 0.5) is 0 Å². The summed E-state index contributed by atoms with van der Waals surface area (Å²) in [4.78, 5) is 25.3. The lowest BCUT2D eigenvalue weighted by Gasteiger charge is -2.21. The number of rotatable bonds is 9. The average Bonchev–Trinajstić information content (AvgIpc) is 3.35. The highest BCUT2D eigenvalue weighted by molar-refractivity contribution is 7.90. The number of fused-ring (bicyclic) bond motifs is 1. The first kappa shape index (κ1) is 26.3. The van der Waals surface area contributed by atoms with Crippen molar-refractivity contribution in [2.24, 2.45) is 0 Å². The van der Waals surface area contributed by atoms with Crippen molar-refractivity contribution >= 4 is 33.5 Å². The summed E-state index contributed by atoms with van der Waals surface area (Å²) in [7, 11) is -2.94. The minimum absolute atomic E-state index is 0.0249. The number of carbonyl (C=O) groups is 2. The van der Waals surface area contributed by atoms with Crippen LogP contribution in [-0.2, 0) is 26.0 Å². The van der Waals surface area contributed by atoms with E-state index in [-0.39, 0.29) is 11.7 Å². The molecule has 0 aliphatic carbocycles. The topological polar surface area (TPSA) is 117 Å². The number of halogens is 1. The SMILES string of the molecule is CCCc1cc(C(=O)OC)ccc1OC(C(=O)NS(=O)(=O)c1ccc(Cl)cc1)c1ccc2c(c1)OCO2. The minimum Gasteiger partial charge on any atom is -0.475 e. The molecule has 4 rings (SSSR count). The molecule has 0 aromatic heterocycles. The second-order valence-electron chi connectivity index (χ2n) is 8.10. The van der Waals surface area contributed by atoms with E-state index in [1.165, 1.54) is 37.4 Å². The van der Waals surface area contributed by atoms with E-state index in [1.807, 2.05) is 6.92 Å². The van der Waals surface area contributed by atoms with Gasteiger partial charge in [0, 0.05) is 10.6 Å². The Morgan fingerprint density at radius 2 is 1.76 bits per heavy atom. The number of hydrogen-bond donors (Lipinski definition) is 1. The fourth-order valence-electron chi connectivity index (χ4n) is 3.74. The Bertz CT molecular complexity index is 1420. The van der Waals surface area contributed by atoms with E-state index in [1.54, 1.807) is 30.3 Å². The molecule has 3 aromatic carbocycles. The van der Waals surface area contributed by atoms with E-state index in [0.717, 1.165) is 6.42 Å². The van der Waals surface area contributed by atoms with Gasteiger partial charge in [0.05, 0.1) is 17.6 Å². The molecule has 1 aliphatic heterocycles. The molecule has 0 saturated carbocycles. The first-order chi connectivity index (χ1) is 17.7. The molecular formula is C26H24ClNO8S. The molecule has 1 amide bonds. The van der Waals surface area contributed by atoms with Crippen LogP contribution in [0.15, 0.2) is 65.6 Å². The van der Waals surface area contributed by atoms with Gasteiger partial charge in [-0.25, -0.2) is 17.9 Å². The van der Waals surface area contributed by atoms with Gasteiger partial charge in [-0.1, -0.05) is 31.0 Å². The summed E-state index contributed by atoms with van der Waals surface area (Å²) >= 11 is 5.86. The molecule has 1 heterocycles. The van der Waals surface area contributed by atoms with Gasteiger partial charge in [-0.2, -0.15) is 0 Å². The van der Waals surface area contributed by atoms with Crippen molar-refractivity contribution in [1.29, 1.82) is 0 Å². The Balaban J connectivity index is 1.71. The van der Waals surface area contributed by atoms with Gasteiger partial charge in [0.2, 0.25) is 12.9 Å². The van der Waals surface area contributed by atoms with E-state index in [2.05, 4.69) is 4.72 Å². The van der Waals surface area contributed by atoms with Gasteiger partial charge in [0.1, 0.15) is 5.75 Å². The highest BCUT2D eigenvalue weighted by Crippen LogP contribution is 2.36. The van der Waals surface area contributed by atoms with Gasteiger partial charge < -0.3 is 18.9 Å². The number of amides is 1. The average molecular weight is 546 g/mol. The van der Waals surface area contributed by atoms with Crippen molar-refractivity contribution < 1.29 is 37.0 Å². The monoisotopic (exact) mass is 545 g/mol. The maximum atomic E-state index is 13.4. The van der Waals surface area contributed by atoms with E-state index in [9.17, 15) is 18.0 Å². The van der Waals surface area contributed by atoms with Crippen molar-refractivity contribution in [2.75, 3.05) is 13.9 Å². The Kier molecular flexibility index (Phi) is 7.89. The quantitative estimate of drug-likeness (QED) is 0.392. The summed E-state index contributed by atoms with van der Waals surface area (Å²) in [6.45, 7) is 1.98. The predicted molar refractivity (Wildman–Crippen MR) is 134 cm³/mol. The largest absolute Gasteiger partial charge is 0.475 e. The molecule has 194 valence electrons. The zero-order chi connectivity index (χ0) is 26.6. The molecule has 1 N–H and O–H groups in total. The Morgan fingerprint density at radius 1 is 1.03 bits per heavy atom. The minimum atomic E-state index is -4.23. The Labute approximate surface area is 219 Å². The molecule has 11 heteroatoms. The van der Waals surface area contributed by atoms with Crippen LogP contribution in [0, 0.1) is 0 Å². The molecule has 9 nitrogen and oxygen atoms in total. The van der Waals surface area contributed by atoms with Gasteiger partial charge >= 0.3 is 5.97 Å². The third-order valence-corrected chi connectivity index (χ3v) is 7.16. The molecule has 0 saturated heterocycles. The lowest BCUT2D eigenvalue weighted by Crippen LogP contribution is -2.37. The maximum Gasteiger partial charge on any atom is 0.337 e. The van der Waals surface area contributed by atoms with Crippen LogP contribution in [0.25, 0.3) is 0 Å². The van der Waals surface area contributed by atoms with Crippen LogP contribution in [0.1, 0.15) is 40.9 Å². The Morgan fingerprint density at radius 3 is 2.46 bits per heavy atom. The summed E-state index contributed by atoms with van der Waals surface area (Å²) < 4.78 is 49.6. The second-order valence-corrected chi connectivity index (χ2v) is 10.2. The van der Waals surface area contributed by atoms with Crippen molar-refractivity contribution in [3.63, 3.8) is 0 Å². The summed E-state index contributed by atoms with van der Waals surface area (Å²) in [6.07, 6.45) is -0.109. The van der Waals surface area contributed by atoms with Gasteiger partial charge in [-0.15, -0.1) is 0 Å². The molecule has 1 aliphatic rings. The van der Waals surface area contributed by atoms with E-state index in [0.29, 0.717) is 45.4 Å². The van der Waals surface area contributed by atoms with Crippen molar-refractivity contribution in [3.8, 4) is 17.2 Å². The molecule has 37 heavy (non-hydrogen) atoms. The first-order valence-electron chi connectivity index (χ1n) is 11.3. The van der Waals surface area contributed by atoms with E-state index >= 15 is 0 Å². The summed E-state index contributed by atoms with van der Waals surface area (Å²) in [5, 5.41) is 0.353. The van der Waals surface area contributed by atoms with Crippen LogP contribution in [0.3, 0.4) is 0 Å². The maximum absolute atomic E-state index is 13.4. The number of nitrogens with one attached hydrogen (secondary N) is 1. The summed E-state index contributed by atoms with van der Waals surface area (Å²) in [5.74, 6) is -0.229. The summed E-state index contributed by atoms with van der Waals surface area (Å²) in [6, 6.07) is 14.9. The lowest BCUT2D eigenvalue weighted by atomic mass is 10.0. The summed E-state index contributed by atoms with van der Waals surface area (Å²) in [5.41, 5.74) is 1.32. The van der Waals surface area contributed by atoms with Crippen LogP contribution in [0.5, 0.6) is 17.2 Å². The number of sulfonamides is 1. The molecule has 0 spiro atoms. The number of aryl methyl sites for hydroxylation is 1. The molecule has 0 bridgehead atoms. The van der Waals surface area contributed by atoms with Gasteiger partial charge in [0.15, 0.2) is 11.5 Å². The van der Waals surface area contributed by atoms with Crippen molar-refractivity contribution in [1.82, 2.24) is 4.72 Å². The van der Waals surface area contributed by atoms with Crippen LogP contribution < -0.4 is 18.9 Å². The first-order valence-corrected chi connectivity index (χ1v) is 13.2. The molecule has 0 fully saturated rings. The fraction of sp³-hybridized carbons (Fsp3) is 0.231. The Hall–Kier alpha value is -3.76. The number of methoxy groups -OCH3 is 1. The third-order valence-electron chi connectivity index (χ3n) is 5.54. The third kappa shape index (κ3) is 5.98. The molecular weight excluding hydrogens is 522 g/mol. The van der Waals surface area contributed by atoms with E-state index in [4.69, 9.17) is 30.5 Å².